The molecule has 2 heterocycles. The van der Waals surface area contributed by atoms with E-state index in [1.54, 1.807) is 22.4 Å². The first kappa shape index (κ1) is 14.2. The lowest BCUT2D eigenvalue weighted by Crippen LogP contribution is -2.21. The second-order valence-electron chi connectivity index (χ2n) is 5.85. The molecule has 6 heteroatoms. The molecule has 1 aliphatic heterocycles. The summed E-state index contributed by atoms with van der Waals surface area (Å²) in [6.07, 6.45) is 0. The number of benzene rings is 3. The summed E-state index contributed by atoms with van der Waals surface area (Å²) < 4.78 is 1.68. The quantitative estimate of drug-likeness (QED) is 0.254. The van der Waals surface area contributed by atoms with Gasteiger partial charge in [-0.15, -0.1) is 0 Å². The van der Waals surface area contributed by atoms with Gasteiger partial charge in [-0.05, 0) is 29.7 Å². The predicted octanol–water partition coefficient (Wildman–Crippen LogP) is 4.52. The maximum atomic E-state index is 13.2. The molecule has 0 saturated carbocycles. The average Bonchev–Trinajstić information content (AvgIpc) is 2.64. The van der Waals surface area contributed by atoms with Crippen LogP contribution in [0.3, 0.4) is 0 Å². The van der Waals surface area contributed by atoms with E-state index in [0.29, 0.717) is 5.39 Å². The van der Waals surface area contributed by atoms with E-state index in [4.69, 9.17) is 0 Å². The fourth-order valence-electron chi connectivity index (χ4n) is 3.41. The fraction of sp³-hybridized carbons (Fsp3) is 0. The Morgan fingerprint density at radius 2 is 1.68 bits per heavy atom. The molecule has 0 saturated heterocycles. The number of hydrogen-bond donors (Lipinski definition) is 0. The van der Waals surface area contributed by atoms with Crippen LogP contribution in [0.4, 0.5) is 5.69 Å². The summed E-state index contributed by atoms with van der Waals surface area (Å²) in [4.78, 5) is 25.9. The number of para-hydroxylation sites is 2. The molecular formula is C19H10N2O3S. The minimum Gasteiger partial charge on any atom is -0.274 e. The summed E-state index contributed by atoms with van der Waals surface area (Å²) in [6, 6.07) is 18.1. The highest BCUT2D eigenvalue weighted by molar-refractivity contribution is 7.99. The molecule has 0 amide bonds. The second-order valence-corrected chi connectivity index (χ2v) is 6.93. The van der Waals surface area contributed by atoms with Gasteiger partial charge in [0.05, 0.1) is 21.5 Å². The van der Waals surface area contributed by atoms with Crippen molar-refractivity contribution in [3.8, 4) is 5.69 Å². The van der Waals surface area contributed by atoms with Crippen molar-refractivity contribution in [3.05, 3.63) is 81.1 Å². The van der Waals surface area contributed by atoms with Gasteiger partial charge >= 0.3 is 0 Å². The maximum absolute atomic E-state index is 13.2. The van der Waals surface area contributed by atoms with Crippen LogP contribution in [0.1, 0.15) is 0 Å². The first-order valence-electron chi connectivity index (χ1n) is 7.68. The highest BCUT2D eigenvalue weighted by Crippen LogP contribution is 2.43. The third kappa shape index (κ3) is 1.88. The van der Waals surface area contributed by atoms with E-state index in [1.165, 1.54) is 12.1 Å². The molecule has 5 nitrogen and oxygen atoms in total. The van der Waals surface area contributed by atoms with Gasteiger partial charge in [-0.25, -0.2) is 0 Å². The van der Waals surface area contributed by atoms with Gasteiger partial charge in [0.15, 0.2) is 0 Å². The number of fused-ring (bicyclic) bond motifs is 4. The number of pyridine rings is 1. The lowest BCUT2D eigenvalue weighted by atomic mass is 10.0. The Bertz CT molecular complexity index is 1280. The SMILES string of the molecule is O=c1c2cc([N+](=O)[O-])ccc2c2cccc3c2n1-c1ccccc1S3. The van der Waals surface area contributed by atoms with Crippen molar-refractivity contribution in [1.82, 2.24) is 4.57 Å². The molecule has 0 atom stereocenters. The molecule has 0 bridgehead atoms. The zero-order chi connectivity index (χ0) is 17.1. The fourth-order valence-corrected chi connectivity index (χ4v) is 4.50. The van der Waals surface area contributed by atoms with E-state index in [-0.39, 0.29) is 11.2 Å². The minimum atomic E-state index is -0.473. The third-order valence-corrected chi connectivity index (χ3v) is 5.60. The molecule has 1 aliphatic rings. The van der Waals surface area contributed by atoms with Crippen LogP contribution < -0.4 is 5.56 Å². The predicted molar refractivity (Wildman–Crippen MR) is 97.8 cm³/mol. The molecule has 0 unspecified atom stereocenters. The molecule has 0 spiro atoms. The second kappa shape index (κ2) is 4.94. The van der Waals surface area contributed by atoms with Gasteiger partial charge < -0.3 is 0 Å². The van der Waals surface area contributed by atoms with E-state index in [0.717, 1.165) is 31.8 Å². The molecule has 120 valence electrons. The van der Waals surface area contributed by atoms with Crippen molar-refractivity contribution in [3.63, 3.8) is 0 Å². The summed E-state index contributed by atoms with van der Waals surface area (Å²) in [7, 11) is 0. The Labute approximate surface area is 145 Å². The van der Waals surface area contributed by atoms with Crippen LogP contribution in [-0.2, 0) is 0 Å². The van der Waals surface area contributed by atoms with Crippen molar-refractivity contribution in [2.24, 2.45) is 0 Å². The highest BCUT2D eigenvalue weighted by atomic mass is 32.2. The average molecular weight is 346 g/mol. The first-order chi connectivity index (χ1) is 12.1. The molecule has 0 aliphatic carbocycles. The largest absolute Gasteiger partial charge is 0.274 e. The standard InChI is InChI=1S/C19H10N2O3S/c22-19-14-10-11(21(23)24)8-9-12(14)13-4-3-7-17-18(13)20(19)15-5-1-2-6-16(15)25-17/h1-10H. The van der Waals surface area contributed by atoms with Crippen LogP contribution in [-0.4, -0.2) is 9.49 Å². The van der Waals surface area contributed by atoms with Crippen molar-refractivity contribution in [2.75, 3.05) is 0 Å². The summed E-state index contributed by atoms with van der Waals surface area (Å²) in [5.41, 5.74) is 1.37. The summed E-state index contributed by atoms with van der Waals surface area (Å²) in [5, 5.41) is 13.2. The summed E-state index contributed by atoms with van der Waals surface area (Å²) in [5.74, 6) is 0. The number of aromatic nitrogens is 1. The van der Waals surface area contributed by atoms with Crippen molar-refractivity contribution in [1.29, 1.82) is 0 Å². The monoisotopic (exact) mass is 346 g/mol. The third-order valence-electron chi connectivity index (χ3n) is 4.49. The van der Waals surface area contributed by atoms with Gasteiger partial charge in [-0.1, -0.05) is 36.0 Å². The first-order valence-corrected chi connectivity index (χ1v) is 8.50. The maximum Gasteiger partial charge on any atom is 0.270 e. The van der Waals surface area contributed by atoms with Crippen molar-refractivity contribution < 1.29 is 4.92 Å². The number of rotatable bonds is 1. The molecule has 0 radical (unpaired) electrons. The minimum absolute atomic E-state index is 0.0774. The molecule has 0 N–H and O–H groups in total. The summed E-state index contributed by atoms with van der Waals surface area (Å²) >= 11 is 1.63. The lowest BCUT2D eigenvalue weighted by molar-refractivity contribution is -0.384. The molecule has 0 fully saturated rings. The van der Waals surface area contributed by atoms with Crippen molar-refractivity contribution >= 4 is 39.1 Å². The number of non-ortho nitro benzene ring substituents is 1. The molecule has 5 rings (SSSR count). The van der Waals surface area contributed by atoms with Crippen LogP contribution in [0.5, 0.6) is 0 Å². The Morgan fingerprint density at radius 1 is 0.880 bits per heavy atom. The van der Waals surface area contributed by atoms with Gasteiger partial charge in [0, 0.05) is 27.3 Å². The highest BCUT2D eigenvalue weighted by Gasteiger charge is 2.23. The smallest absolute Gasteiger partial charge is 0.270 e. The molecule has 4 aromatic rings. The Kier molecular flexibility index (Phi) is 2.81. The van der Waals surface area contributed by atoms with Gasteiger partial charge in [0.1, 0.15) is 0 Å². The zero-order valence-corrected chi connectivity index (χ0v) is 13.6. The molecule has 3 aromatic carbocycles. The van der Waals surface area contributed by atoms with Crippen LogP contribution in [0.15, 0.2) is 75.2 Å². The van der Waals surface area contributed by atoms with E-state index in [1.807, 2.05) is 42.5 Å². The normalized spacial score (nSPS) is 12.3. The lowest BCUT2D eigenvalue weighted by Gasteiger charge is -2.22. The number of nitrogens with zero attached hydrogens (tertiary/aromatic N) is 2. The van der Waals surface area contributed by atoms with E-state index >= 15 is 0 Å². The van der Waals surface area contributed by atoms with Gasteiger partial charge in [0.2, 0.25) is 0 Å². The van der Waals surface area contributed by atoms with E-state index < -0.39 is 4.92 Å². The topological polar surface area (TPSA) is 65.1 Å². The Morgan fingerprint density at radius 3 is 2.52 bits per heavy atom. The number of nitro groups is 1. The van der Waals surface area contributed by atoms with Gasteiger partial charge in [-0.3, -0.25) is 19.5 Å². The van der Waals surface area contributed by atoms with E-state index in [2.05, 4.69) is 0 Å². The molecule has 1 aromatic heterocycles. The van der Waals surface area contributed by atoms with Crippen LogP contribution in [0.25, 0.3) is 27.4 Å². The molecular weight excluding hydrogens is 336 g/mol. The number of nitro benzene ring substituents is 1. The van der Waals surface area contributed by atoms with E-state index in [9.17, 15) is 14.9 Å². The van der Waals surface area contributed by atoms with Gasteiger partial charge in [0.25, 0.3) is 11.2 Å². The van der Waals surface area contributed by atoms with Crippen LogP contribution >= 0.6 is 11.8 Å². The summed E-state index contributed by atoms with van der Waals surface area (Å²) in [6.45, 7) is 0. The Balaban J connectivity index is 2.06. The molecule has 25 heavy (non-hydrogen) atoms. The van der Waals surface area contributed by atoms with Gasteiger partial charge in [-0.2, -0.15) is 0 Å². The van der Waals surface area contributed by atoms with Crippen LogP contribution in [0, 0.1) is 10.1 Å². The van der Waals surface area contributed by atoms with Crippen molar-refractivity contribution in [2.45, 2.75) is 9.79 Å². The zero-order valence-electron chi connectivity index (χ0n) is 12.8. The van der Waals surface area contributed by atoms with Crippen LogP contribution in [0.2, 0.25) is 0 Å². The number of hydrogen-bond acceptors (Lipinski definition) is 4. The Hall–Kier alpha value is -3.12.